The Morgan fingerprint density at radius 3 is 3.19 bits per heavy atom. The number of anilines is 1. The van der Waals surface area contributed by atoms with E-state index in [1.807, 2.05) is 29.6 Å². The van der Waals surface area contributed by atoms with Crippen molar-refractivity contribution in [2.75, 3.05) is 11.9 Å². The predicted molar refractivity (Wildman–Crippen MR) is 80.4 cm³/mol. The second kappa shape index (κ2) is 5.13. The quantitative estimate of drug-likeness (QED) is 0.923. The first-order valence-electron chi connectivity index (χ1n) is 6.98. The Morgan fingerprint density at radius 1 is 1.43 bits per heavy atom. The summed E-state index contributed by atoms with van der Waals surface area (Å²) in [6.45, 7) is 1.46. The number of aromatic nitrogens is 1. The molecule has 2 aliphatic heterocycles. The molecule has 1 N–H and O–H groups in total. The monoisotopic (exact) mass is 301 g/mol. The van der Waals surface area contributed by atoms with Crippen LogP contribution in [-0.4, -0.2) is 34.5 Å². The Kier molecular flexibility index (Phi) is 3.12. The molecule has 1 fully saturated rings. The molecule has 1 amide bonds. The van der Waals surface area contributed by atoms with Crippen molar-refractivity contribution in [2.24, 2.45) is 0 Å². The van der Waals surface area contributed by atoms with Crippen LogP contribution in [0.5, 0.6) is 5.75 Å². The normalized spacial score (nSPS) is 24.7. The first kappa shape index (κ1) is 12.8. The SMILES string of the molecule is O=C1Nc2ccccc2OC2CC1N(Cc1nccs1)C2. The zero-order valence-corrected chi connectivity index (χ0v) is 12.2. The average Bonchev–Trinajstić information content (AvgIpc) is 3.10. The first-order valence-corrected chi connectivity index (χ1v) is 7.86. The number of benzene rings is 1. The highest BCUT2D eigenvalue weighted by Gasteiger charge is 2.40. The lowest BCUT2D eigenvalue weighted by atomic mass is 10.1. The summed E-state index contributed by atoms with van der Waals surface area (Å²) in [4.78, 5) is 19.0. The van der Waals surface area contributed by atoms with E-state index in [1.54, 1.807) is 17.5 Å². The maximum absolute atomic E-state index is 12.5. The fourth-order valence-corrected chi connectivity index (χ4v) is 3.61. The van der Waals surface area contributed by atoms with Gasteiger partial charge >= 0.3 is 0 Å². The number of carbonyl (C=O) groups excluding carboxylic acids is 1. The minimum absolute atomic E-state index is 0.0461. The molecule has 0 radical (unpaired) electrons. The number of nitrogens with zero attached hydrogens (tertiary/aromatic N) is 2. The summed E-state index contributed by atoms with van der Waals surface area (Å²) in [6.07, 6.45) is 2.58. The Morgan fingerprint density at radius 2 is 2.33 bits per heavy atom. The Hall–Kier alpha value is -1.92. The van der Waals surface area contributed by atoms with Gasteiger partial charge in [0.2, 0.25) is 5.91 Å². The molecule has 0 aliphatic carbocycles. The standard InChI is InChI=1S/C15H15N3O2S/c19-15-12-7-10(8-18(12)9-14-16-5-6-21-14)20-13-4-2-1-3-11(13)17-15/h1-6,10,12H,7-9H2,(H,17,19). The number of likely N-dealkylation sites (tertiary alicyclic amines) is 1. The van der Waals surface area contributed by atoms with Crippen LogP contribution in [0.15, 0.2) is 35.8 Å². The number of para-hydroxylation sites is 2. The molecule has 3 heterocycles. The van der Waals surface area contributed by atoms with Gasteiger partial charge in [-0.05, 0) is 12.1 Å². The van der Waals surface area contributed by atoms with Crippen LogP contribution in [0.3, 0.4) is 0 Å². The Labute approximate surface area is 126 Å². The summed E-state index contributed by atoms with van der Waals surface area (Å²) in [5.74, 6) is 0.801. The molecular weight excluding hydrogens is 286 g/mol. The molecule has 0 saturated carbocycles. The van der Waals surface area contributed by atoms with Gasteiger partial charge in [0, 0.05) is 24.5 Å². The van der Waals surface area contributed by atoms with Crippen molar-refractivity contribution in [2.45, 2.75) is 25.1 Å². The van der Waals surface area contributed by atoms with Gasteiger partial charge in [0.15, 0.2) is 0 Å². The number of ether oxygens (including phenoxy) is 1. The topological polar surface area (TPSA) is 54.5 Å². The summed E-state index contributed by atoms with van der Waals surface area (Å²) < 4.78 is 6.05. The highest BCUT2D eigenvalue weighted by atomic mass is 32.1. The van der Waals surface area contributed by atoms with Crippen LogP contribution in [0.1, 0.15) is 11.4 Å². The van der Waals surface area contributed by atoms with Crippen molar-refractivity contribution in [3.63, 3.8) is 0 Å². The minimum Gasteiger partial charge on any atom is -0.487 e. The second-order valence-corrected chi connectivity index (χ2v) is 6.31. The van der Waals surface area contributed by atoms with Crippen LogP contribution < -0.4 is 10.1 Å². The molecule has 0 spiro atoms. The molecule has 2 bridgehead atoms. The smallest absolute Gasteiger partial charge is 0.241 e. The Balaban J connectivity index is 1.60. The van der Waals surface area contributed by atoms with Crippen LogP contribution in [0.4, 0.5) is 5.69 Å². The highest BCUT2D eigenvalue weighted by Crippen LogP contribution is 2.33. The van der Waals surface area contributed by atoms with E-state index in [0.717, 1.165) is 29.4 Å². The van der Waals surface area contributed by atoms with Crippen LogP contribution >= 0.6 is 11.3 Å². The molecule has 2 aliphatic rings. The first-order chi connectivity index (χ1) is 10.3. The molecule has 1 saturated heterocycles. The lowest BCUT2D eigenvalue weighted by Gasteiger charge is -2.22. The molecule has 6 heteroatoms. The van der Waals surface area contributed by atoms with Crippen molar-refractivity contribution >= 4 is 22.9 Å². The molecule has 2 atom stereocenters. The molecule has 1 aromatic carbocycles. The molecule has 2 aromatic rings. The van der Waals surface area contributed by atoms with E-state index >= 15 is 0 Å². The van der Waals surface area contributed by atoms with E-state index in [4.69, 9.17) is 4.74 Å². The molecule has 2 unspecified atom stereocenters. The summed E-state index contributed by atoms with van der Waals surface area (Å²) in [6, 6.07) is 7.46. The Bertz CT molecular complexity index is 659. The van der Waals surface area contributed by atoms with E-state index in [1.165, 1.54) is 0 Å². The number of carbonyl (C=O) groups is 1. The third-order valence-electron chi connectivity index (χ3n) is 3.93. The van der Waals surface area contributed by atoms with Gasteiger partial charge < -0.3 is 10.1 Å². The van der Waals surface area contributed by atoms with E-state index in [2.05, 4.69) is 15.2 Å². The molecule has 108 valence electrons. The van der Waals surface area contributed by atoms with Crippen LogP contribution in [0.25, 0.3) is 0 Å². The summed E-state index contributed by atoms with van der Waals surface area (Å²) in [5.41, 5.74) is 0.758. The third-order valence-corrected chi connectivity index (χ3v) is 4.69. The number of fused-ring (bicyclic) bond motifs is 3. The van der Waals surface area contributed by atoms with Gasteiger partial charge in [-0.25, -0.2) is 4.98 Å². The van der Waals surface area contributed by atoms with Gasteiger partial charge in [-0.1, -0.05) is 12.1 Å². The fraction of sp³-hybridized carbons (Fsp3) is 0.333. The molecule has 5 nitrogen and oxygen atoms in total. The molecular formula is C15H15N3O2S. The van der Waals surface area contributed by atoms with E-state index in [-0.39, 0.29) is 18.1 Å². The summed E-state index contributed by atoms with van der Waals surface area (Å²) in [7, 11) is 0. The maximum Gasteiger partial charge on any atom is 0.241 e. The largest absolute Gasteiger partial charge is 0.487 e. The van der Waals surface area contributed by atoms with Crippen LogP contribution in [0.2, 0.25) is 0 Å². The maximum atomic E-state index is 12.5. The number of nitrogens with one attached hydrogen (secondary N) is 1. The van der Waals surface area contributed by atoms with E-state index < -0.39 is 0 Å². The van der Waals surface area contributed by atoms with Gasteiger partial charge in [0.1, 0.15) is 16.9 Å². The zero-order chi connectivity index (χ0) is 14.2. The van der Waals surface area contributed by atoms with Gasteiger partial charge in [-0.15, -0.1) is 11.3 Å². The van der Waals surface area contributed by atoms with Crippen molar-refractivity contribution < 1.29 is 9.53 Å². The van der Waals surface area contributed by atoms with Gasteiger partial charge in [-0.3, -0.25) is 9.69 Å². The molecule has 1 aromatic heterocycles. The van der Waals surface area contributed by atoms with Crippen molar-refractivity contribution in [1.29, 1.82) is 0 Å². The second-order valence-electron chi connectivity index (χ2n) is 5.33. The molecule has 21 heavy (non-hydrogen) atoms. The van der Waals surface area contributed by atoms with Gasteiger partial charge in [0.05, 0.1) is 18.3 Å². The van der Waals surface area contributed by atoms with E-state index in [0.29, 0.717) is 6.54 Å². The third kappa shape index (κ3) is 2.41. The van der Waals surface area contributed by atoms with Crippen LogP contribution in [0, 0.1) is 0 Å². The van der Waals surface area contributed by atoms with Crippen molar-refractivity contribution in [3.05, 3.63) is 40.8 Å². The van der Waals surface area contributed by atoms with E-state index in [9.17, 15) is 4.79 Å². The lowest BCUT2D eigenvalue weighted by molar-refractivity contribution is -0.120. The minimum atomic E-state index is -0.146. The van der Waals surface area contributed by atoms with Crippen LogP contribution in [-0.2, 0) is 11.3 Å². The zero-order valence-electron chi connectivity index (χ0n) is 11.4. The van der Waals surface area contributed by atoms with Gasteiger partial charge in [0.25, 0.3) is 0 Å². The van der Waals surface area contributed by atoms with Crippen molar-refractivity contribution in [3.8, 4) is 5.75 Å². The summed E-state index contributed by atoms with van der Waals surface area (Å²) >= 11 is 1.62. The fourth-order valence-electron chi connectivity index (χ4n) is 2.97. The number of hydrogen-bond donors (Lipinski definition) is 1. The van der Waals surface area contributed by atoms with Gasteiger partial charge in [-0.2, -0.15) is 0 Å². The lowest BCUT2D eigenvalue weighted by Crippen LogP contribution is -2.39. The number of hydrogen-bond acceptors (Lipinski definition) is 5. The number of amides is 1. The van der Waals surface area contributed by atoms with Crippen molar-refractivity contribution in [1.82, 2.24) is 9.88 Å². The number of rotatable bonds is 2. The average molecular weight is 301 g/mol. The highest BCUT2D eigenvalue weighted by molar-refractivity contribution is 7.09. The summed E-state index contributed by atoms with van der Waals surface area (Å²) in [5, 5.41) is 5.97. The molecule has 4 rings (SSSR count). The predicted octanol–water partition coefficient (Wildman–Crippen LogP) is 2.12. The number of thiazole rings is 1.